The van der Waals surface area contributed by atoms with Crippen LogP contribution in [0.3, 0.4) is 0 Å². The summed E-state index contributed by atoms with van der Waals surface area (Å²) in [7, 11) is 0. The number of hydrogen-bond acceptors (Lipinski definition) is 2. The molecule has 0 amide bonds. The van der Waals surface area contributed by atoms with E-state index in [1.807, 2.05) is 26.1 Å². The van der Waals surface area contributed by atoms with Crippen molar-refractivity contribution in [2.24, 2.45) is 0 Å². The lowest BCUT2D eigenvalue weighted by atomic mass is 10.1. The molecule has 2 nitrogen and oxygen atoms in total. The largest absolute Gasteiger partial charge is 0.506 e. The minimum Gasteiger partial charge on any atom is -0.506 e. The molecule has 0 bridgehead atoms. The molecule has 68 valence electrons. The highest BCUT2D eigenvalue weighted by Crippen LogP contribution is 2.34. The van der Waals surface area contributed by atoms with E-state index in [-0.39, 0.29) is 0 Å². The summed E-state index contributed by atoms with van der Waals surface area (Å²) in [6, 6.07) is 1.94. The Morgan fingerprint density at radius 2 is 2.00 bits per heavy atom. The van der Waals surface area contributed by atoms with Gasteiger partial charge in [-0.05, 0) is 49.5 Å². The molecule has 2 heteroatoms. The van der Waals surface area contributed by atoms with Gasteiger partial charge in [0.25, 0.3) is 0 Å². The quantitative estimate of drug-likeness (QED) is 0.666. The fourth-order valence-corrected chi connectivity index (χ4v) is 1.23. The van der Waals surface area contributed by atoms with Crippen molar-refractivity contribution in [2.75, 3.05) is 0 Å². The van der Waals surface area contributed by atoms with Gasteiger partial charge in [0.15, 0.2) is 0 Å². The Kier molecular flexibility index (Phi) is 1.83. The van der Waals surface area contributed by atoms with Crippen LogP contribution in [0.25, 0.3) is 5.76 Å². The molecule has 1 heterocycles. The maximum absolute atomic E-state index is 9.69. The molecule has 1 fully saturated rings. The van der Waals surface area contributed by atoms with E-state index in [9.17, 15) is 5.11 Å². The zero-order valence-electron chi connectivity index (χ0n) is 7.96. The average molecular weight is 175 g/mol. The van der Waals surface area contributed by atoms with Crippen LogP contribution in [0.1, 0.15) is 29.7 Å². The third-order valence-electron chi connectivity index (χ3n) is 2.45. The predicted octanol–water partition coefficient (Wildman–Crippen LogP) is 2.76. The SMILES string of the molecule is Cc1cnc(C(O)=C2CC2)cc1C. The molecule has 0 spiro atoms. The van der Waals surface area contributed by atoms with Crippen LogP contribution in [0.15, 0.2) is 17.8 Å². The number of rotatable bonds is 1. The van der Waals surface area contributed by atoms with E-state index in [0.29, 0.717) is 5.76 Å². The second kappa shape index (κ2) is 2.87. The third kappa shape index (κ3) is 1.57. The lowest BCUT2D eigenvalue weighted by Crippen LogP contribution is -1.91. The molecule has 1 N–H and O–H groups in total. The molecular formula is C11H13NO. The summed E-state index contributed by atoms with van der Waals surface area (Å²) >= 11 is 0. The lowest BCUT2D eigenvalue weighted by molar-refractivity contribution is 0.506. The van der Waals surface area contributed by atoms with Crippen LogP contribution in [-0.4, -0.2) is 10.1 Å². The van der Waals surface area contributed by atoms with Gasteiger partial charge >= 0.3 is 0 Å². The van der Waals surface area contributed by atoms with E-state index in [4.69, 9.17) is 0 Å². The second-order valence-corrected chi connectivity index (χ2v) is 3.61. The molecule has 1 aliphatic carbocycles. The molecule has 13 heavy (non-hydrogen) atoms. The molecule has 1 aromatic heterocycles. The van der Waals surface area contributed by atoms with Gasteiger partial charge in [0, 0.05) is 6.20 Å². The number of hydrogen-bond donors (Lipinski definition) is 1. The lowest BCUT2D eigenvalue weighted by Gasteiger charge is -2.02. The third-order valence-corrected chi connectivity index (χ3v) is 2.45. The maximum Gasteiger partial charge on any atom is 0.140 e. The highest BCUT2D eigenvalue weighted by molar-refractivity contribution is 5.62. The molecule has 1 aromatic rings. The molecule has 2 rings (SSSR count). The van der Waals surface area contributed by atoms with Gasteiger partial charge in [-0.15, -0.1) is 0 Å². The van der Waals surface area contributed by atoms with E-state index in [1.54, 1.807) is 0 Å². The molecular weight excluding hydrogens is 162 g/mol. The van der Waals surface area contributed by atoms with E-state index in [0.717, 1.165) is 29.7 Å². The number of aromatic nitrogens is 1. The summed E-state index contributed by atoms with van der Waals surface area (Å²) in [5.74, 6) is 0.392. The first-order chi connectivity index (χ1) is 6.18. The van der Waals surface area contributed by atoms with Gasteiger partial charge in [0.2, 0.25) is 0 Å². The molecule has 0 aromatic carbocycles. The van der Waals surface area contributed by atoms with E-state index in [1.165, 1.54) is 5.56 Å². The summed E-state index contributed by atoms with van der Waals surface area (Å²) in [5, 5.41) is 9.69. The van der Waals surface area contributed by atoms with Gasteiger partial charge < -0.3 is 5.11 Å². The van der Waals surface area contributed by atoms with Gasteiger partial charge in [-0.1, -0.05) is 0 Å². The highest BCUT2D eigenvalue weighted by Gasteiger charge is 2.19. The predicted molar refractivity (Wildman–Crippen MR) is 52.5 cm³/mol. The Morgan fingerprint density at radius 3 is 2.54 bits per heavy atom. The van der Waals surface area contributed by atoms with E-state index >= 15 is 0 Å². The first-order valence-corrected chi connectivity index (χ1v) is 4.53. The first kappa shape index (κ1) is 8.30. The van der Waals surface area contributed by atoms with Crippen LogP contribution in [0.2, 0.25) is 0 Å². The van der Waals surface area contributed by atoms with Crippen molar-refractivity contribution in [3.63, 3.8) is 0 Å². The normalized spacial score (nSPS) is 14.5. The van der Waals surface area contributed by atoms with Crippen molar-refractivity contribution >= 4 is 5.76 Å². The Morgan fingerprint density at radius 1 is 1.31 bits per heavy atom. The number of aryl methyl sites for hydroxylation is 2. The zero-order chi connectivity index (χ0) is 9.42. The van der Waals surface area contributed by atoms with Gasteiger partial charge in [0.05, 0.1) is 0 Å². The van der Waals surface area contributed by atoms with Crippen LogP contribution < -0.4 is 0 Å². The smallest absolute Gasteiger partial charge is 0.140 e. The number of nitrogens with zero attached hydrogens (tertiary/aromatic N) is 1. The molecule has 0 saturated heterocycles. The van der Waals surface area contributed by atoms with Crippen molar-refractivity contribution in [3.8, 4) is 0 Å². The van der Waals surface area contributed by atoms with Crippen molar-refractivity contribution in [1.82, 2.24) is 4.98 Å². The number of aliphatic hydroxyl groups excluding tert-OH is 1. The molecule has 0 atom stereocenters. The first-order valence-electron chi connectivity index (χ1n) is 4.53. The standard InChI is InChI=1S/C11H13NO/c1-7-5-10(12-6-8(7)2)11(13)9-3-4-9/h5-6,13H,3-4H2,1-2H3. The van der Waals surface area contributed by atoms with Crippen LogP contribution >= 0.6 is 0 Å². The van der Waals surface area contributed by atoms with E-state index in [2.05, 4.69) is 4.98 Å². The summed E-state index contributed by atoms with van der Waals surface area (Å²) in [6.07, 6.45) is 3.87. The number of aliphatic hydroxyl groups is 1. The van der Waals surface area contributed by atoms with Crippen molar-refractivity contribution in [3.05, 3.63) is 34.7 Å². The Bertz CT molecular complexity index is 374. The fourth-order valence-electron chi connectivity index (χ4n) is 1.23. The van der Waals surface area contributed by atoms with Gasteiger partial charge in [-0.2, -0.15) is 0 Å². The van der Waals surface area contributed by atoms with Crippen LogP contribution in [0, 0.1) is 13.8 Å². The summed E-state index contributed by atoms with van der Waals surface area (Å²) in [5.41, 5.74) is 4.20. The summed E-state index contributed by atoms with van der Waals surface area (Å²) in [4.78, 5) is 4.19. The van der Waals surface area contributed by atoms with Gasteiger partial charge in [-0.3, -0.25) is 4.98 Å². The topological polar surface area (TPSA) is 33.1 Å². The van der Waals surface area contributed by atoms with Crippen LogP contribution in [-0.2, 0) is 0 Å². The second-order valence-electron chi connectivity index (χ2n) is 3.61. The van der Waals surface area contributed by atoms with Gasteiger partial charge in [-0.25, -0.2) is 0 Å². The molecule has 0 aliphatic heterocycles. The zero-order valence-corrected chi connectivity index (χ0v) is 7.96. The number of allylic oxidation sites excluding steroid dienone is 1. The Hall–Kier alpha value is -1.31. The van der Waals surface area contributed by atoms with Crippen LogP contribution in [0.5, 0.6) is 0 Å². The van der Waals surface area contributed by atoms with E-state index < -0.39 is 0 Å². The monoisotopic (exact) mass is 175 g/mol. The molecule has 1 saturated carbocycles. The minimum atomic E-state index is 0.392. The summed E-state index contributed by atoms with van der Waals surface area (Å²) in [6.45, 7) is 4.05. The maximum atomic E-state index is 9.69. The summed E-state index contributed by atoms with van der Waals surface area (Å²) < 4.78 is 0. The highest BCUT2D eigenvalue weighted by atomic mass is 16.3. The van der Waals surface area contributed by atoms with Crippen molar-refractivity contribution < 1.29 is 5.11 Å². The Labute approximate surface area is 77.9 Å². The minimum absolute atomic E-state index is 0.392. The molecule has 0 unspecified atom stereocenters. The molecule has 0 radical (unpaired) electrons. The van der Waals surface area contributed by atoms with Gasteiger partial charge in [0.1, 0.15) is 11.5 Å². The van der Waals surface area contributed by atoms with Crippen LogP contribution in [0.4, 0.5) is 0 Å². The van der Waals surface area contributed by atoms with Crippen molar-refractivity contribution in [1.29, 1.82) is 0 Å². The van der Waals surface area contributed by atoms with Crippen molar-refractivity contribution in [2.45, 2.75) is 26.7 Å². The number of pyridine rings is 1. The fraction of sp³-hybridized carbons (Fsp3) is 0.364. The average Bonchev–Trinajstić information content (AvgIpc) is 2.91. The molecule has 1 aliphatic rings. The Balaban J connectivity index is 2.42.